The number of halogens is 6. The van der Waals surface area contributed by atoms with Crippen molar-refractivity contribution in [2.24, 2.45) is 21.1 Å². The summed E-state index contributed by atoms with van der Waals surface area (Å²) in [6.07, 6.45) is 0.456. The standard InChI is InChI=1S/3C16H17F2N7O2/c3*1-9(13(17)18)25-8-19-22-14(25)11-5-4-6-12(20-11)21-15(26)10-7-24(2)23-16(10)27-3/h3*4-9,13H,1-3H3,(H,20,21,26)/t2*9-;/m10./s1. The Morgan fingerprint density at radius 3 is 0.938 bits per heavy atom. The fraction of sp³-hybridized carbons (Fsp3) is 0.312. The Kier molecular flexibility index (Phi) is 18.8. The van der Waals surface area contributed by atoms with Crippen LogP contribution in [-0.4, -0.2) is 147 Å². The molecule has 0 saturated heterocycles. The number of rotatable bonds is 18. The molecule has 9 rings (SSSR count). The number of ether oxygens (including phenoxy) is 3. The Bertz CT molecular complexity index is 3230. The number of carbonyl (C=O) groups excluding carboxylic acids is 3. The molecule has 33 heteroatoms. The highest BCUT2D eigenvalue weighted by molar-refractivity contribution is 6.06. The Balaban J connectivity index is 0.000000175. The van der Waals surface area contributed by atoms with E-state index in [2.05, 4.69) is 76.8 Å². The summed E-state index contributed by atoms with van der Waals surface area (Å²) in [7, 11) is 9.22. The quantitative estimate of drug-likeness (QED) is 0.0774. The number of aryl methyl sites for hydroxylation is 3. The number of aromatic nitrogens is 18. The van der Waals surface area contributed by atoms with Gasteiger partial charge in [0.15, 0.2) is 17.5 Å². The fourth-order valence-corrected chi connectivity index (χ4v) is 7.30. The molecule has 3 N–H and O–H groups in total. The van der Waals surface area contributed by atoms with Gasteiger partial charge in [0.25, 0.3) is 37.0 Å². The lowest BCUT2D eigenvalue weighted by Crippen LogP contribution is -2.15. The Morgan fingerprint density at radius 1 is 0.444 bits per heavy atom. The average molecular weight is 1130 g/mol. The van der Waals surface area contributed by atoms with E-state index in [0.717, 1.165) is 0 Å². The van der Waals surface area contributed by atoms with Crippen molar-refractivity contribution in [1.82, 2.24) is 88.6 Å². The SMILES string of the molecule is COc1nn(C)cc1C(=O)Nc1cccc(-c2nncn2C(C)C(F)F)n1.COc1nn(C)cc1C(=O)Nc1cccc(-c2nncn2[C@@H](C)C(F)F)n1.COc1nn(C)cc1C(=O)Nc1cccc(-c2nncn2[C@H](C)C(F)F)n1. The normalized spacial score (nSPS) is 12.2. The van der Waals surface area contributed by atoms with Gasteiger partial charge in [-0.3, -0.25) is 28.4 Å². The largest absolute Gasteiger partial charge is 0.479 e. The van der Waals surface area contributed by atoms with Crippen LogP contribution >= 0.6 is 0 Å². The monoisotopic (exact) mass is 1130 g/mol. The predicted molar refractivity (Wildman–Crippen MR) is 275 cm³/mol. The first kappa shape index (κ1) is 58.6. The first-order valence-electron chi connectivity index (χ1n) is 23.8. The van der Waals surface area contributed by atoms with Crippen molar-refractivity contribution >= 4 is 35.2 Å². The minimum atomic E-state index is -2.58. The van der Waals surface area contributed by atoms with Gasteiger partial charge in [-0.15, -0.1) is 45.9 Å². The lowest BCUT2D eigenvalue weighted by Gasteiger charge is -2.14. The molecule has 0 saturated carbocycles. The number of hydrogen-bond acceptors (Lipinski definition) is 18. The molecule has 0 spiro atoms. The maximum atomic E-state index is 13.0. The van der Waals surface area contributed by atoms with Crippen molar-refractivity contribution in [3.05, 3.63) is 109 Å². The molecular formula is C48H51F6N21O6. The second kappa shape index (κ2) is 26.0. The summed E-state index contributed by atoms with van der Waals surface area (Å²) in [5, 5.41) is 42.6. The van der Waals surface area contributed by atoms with Gasteiger partial charge in [-0.05, 0) is 57.2 Å². The predicted octanol–water partition coefficient (Wildman–Crippen LogP) is 6.48. The molecule has 0 aliphatic heterocycles. The van der Waals surface area contributed by atoms with Crippen LogP contribution in [0.15, 0.2) is 92.2 Å². The third kappa shape index (κ3) is 14.0. The summed E-state index contributed by atoms with van der Waals surface area (Å²) in [6.45, 7) is 4.08. The first-order valence-corrected chi connectivity index (χ1v) is 23.8. The molecule has 3 amide bonds. The van der Waals surface area contributed by atoms with Crippen molar-refractivity contribution in [3.8, 4) is 52.2 Å². The van der Waals surface area contributed by atoms with Crippen molar-refractivity contribution in [2.45, 2.75) is 58.2 Å². The van der Waals surface area contributed by atoms with Crippen LogP contribution in [0.3, 0.4) is 0 Å². The number of hydrogen-bond donors (Lipinski definition) is 3. The van der Waals surface area contributed by atoms with Gasteiger partial charge in [0, 0.05) is 39.7 Å². The van der Waals surface area contributed by atoms with Gasteiger partial charge in [0.2, 0.25) is 17.6 Å². The van der Waals surface area contributed by atoms with E-state index in [1.54, 1.807) is 75.7 Å². The van der Waals surface area contributed by atoms with E-state index >= 15 is 0 Å². The third-order valence-corrected chi connectivity index (χ3v) is 11.5. The number of alkyl halides is 6. The van der Waals surface area contributed by atoms with Crippen LogP contribution in [0, 0.1) is 0 Å². The van der Waals surface area contributed by atoms with Gasteiger partial charge in [-0.25, -0.2) is 41.3 Å². The number of nitrogens with zero attached hydrogens (tertiary/aromatic N) is 18. The summed E-state index contributed by atoms with van der Waals surface area (Å²) in [5.74, 6) is 0.345. The molecule has 0 aliphatic carbocycles. The van der Waals surface area contributed by atoms with Crippen molar-refractivity contribution < 1.29 is 54.9 Å². The van der Waals surface area contributed by atoms with Gasteiger partial charge in [-0.2, -0.15) is 0 Å². The van der Waals surface area contributed by atoms with Crippen LogP contribution in [0.2, 0.25) is 0 Å². The van der Waals surface area contributed by atoms with Gasteiger partial charge >= 0.3 is 0 Å². The number of carbonyl (C=O) groups is 3. The number of anilines is 3. The second-order valence-electron chi connectivity index (χ2n) is 17.2. The van der Waals surface area contributed by atoms with E-state index in [1.165, 1.54) is 107 Å². The van der Waals surface area contributed by atoms with E-state index in [4.69, 9.17) is 14.2 Å². The smallest absolute Gasteiger partial charge is 0.263 e. The fourth-order valence-electron chi connectivity index (χ4n) is 7.30. The zero-order valence-corrected chi connectivity index (χ0v) is 44.4. The van der Waals surface area contributed by atoms with E-state index in [9.17, 15) is 40.7 Å². The number of nitrogens with one attached hydrogen (secondary N) is 3. The average Bonchev–Trinajstić information content (AvgIpc) is 4.47. The molecule has 426 valence electrons. The molecule has 0 aliphatic rings. The van der Waals surface area contributed by atoms with E-state index < -0.39 is 55.1 Å². The number of methoxy groups -OCH3 is 3. The van der Waals surface area contributed by atoms with Gasteiger partial charge < -0.3 is 43.9 Å². The molecule has 81 heavy (non-hydrogen) atoms. The molecular weight excluding hydrogens is 1080 g/mol. The first-order chi connectivity index (χ1) is 38.7. The van der Waals surface area contributed by atoms with Crippen LogP contribution in [0.1, 0.15) is 70.0 Å². The molecule has 3 atom stereocenters. The third-order valence-electron chi connectivity index (χ3n) is 11.5. The van der Waals surface area contributed by atoms with Gasteiger partial charge in [0.05, 0.1) is 39.5 Å². The maximum absolute atomic E-state index is 13.0. The summed E-state index contributed by atoms with van der Waals surface area (Å²) in [4.78, 5) is 50.2. The molecule has 0 bridgehead atoms. The van der Waals surface area contributed by atoms with Gasteiger partial charge in [0.1, 0.15) is 70.2 Å². The van der Waals surface area contributed by atoms with Crippen molar-refractivity contribution in [1.29, 1.82) is 0 Å². The summed E-state index contributed by atoms with van der Waals surface area (Å²) >= 11 is 0. The highest BCUT2D eigenvalue weighted by atomic mass is 19.3. The van der Waals surface area contributed by atoms with Crippen molar-refractivity contribution in [2.75, 3.05) is 37.3 Å². The lowest BCUT2D eigenvalue weighted by atomic mass is 10.3. The van der Waals surface area contributed by atoms with Gasteiger partial charge in [-0.1, -0.05) is 18.2 Å². The molecule has 9 heterocycles. The topological polar surface area (TPSA) is 299 Å². The van der Waals surface area contributed by atoms with Crippen molar-refractivity contribution in [3.63, 3.8) is 0 Å². The Hall–Kier alpha value is -10.1. The lowest BCUT2D eigenvalue weighted by molar-refractivity contribution is 0.0916. The zero-order chi connectivity index (χ0) is 58.7. The van der Waals surface area contributed by atoms with Crippen LogP contribution in [-0.2, 0) is 21.1 Å². The van der Waals surface area contributed by atoms with Crippen LogP contribution < -0.4 is 30.2 Å². The highest BCUT2D eigenvalue weighted by Gasteiger charge is 2.26. The maximum Gasteiger partial charge on any atom is 0.263 e. The number of amides is 3. The molecule has 9 aromatic heterocycles. The minimum absolute atomic E-state index is 0.177. The molecule has 9 aromatic rings. The highest BCUT2D eigenvalue weighted by Crippen LogP contribution is 2.28. The molecule has 1 unspecified atom stereocenters. The molecule has 0 radical (unpaired) electrons. The molecule has 0 fully saturated rings. The summed E-state index contributed by atoms with van der Waals surface area (Å²) in [6, 6.07) is 11.0. The summed E-state index contributed by atoms with van der Waals surface area (Å²) < 4.78 is 101. The van der Waals surface area contributed by atoms with E-state index in [1.807, 2.05) is 0 Å². The van der Waals surface area contributed by atoms with E-state index in [-0.39, 0.29) is 69.3 Å². The Morgan fingerprint density at radius 2 is 0.704 bits per heavy atom. The Labute approximate surface area is 455 Å². The van der Waals surface area contributed by atoms with E-state index in [0.29, 0.717) is 17.1 Å². The second-order valence-corrected chi connectivity index (χ2v) is 17.2. The summed E-state index contributed by atoms with van der Waals surface area (Å²) in [5.41, 5.74) is 1.62. The molecule has 0 aromatic carbocycles. The number of pyridine rings is 3. The minimum Gasteiger partial charge on any atom is -0.479 e. The van der Waals surface area contributed by atoms with Crippen LogP contribution in [0.25, 0.3) is 34.6 Å². The molecule has 27 nitrogen and oxygen atoms in total. The zero-order valence-electron chi connectivity index (χ0n) is 44.4. The van der Waals surface area contributed by atoms with Crippen LogP contribution in [0.5, 0.6) is 17.6 Å². The van der Waals surface area contributed by atoms with Crippen LogP contribution in [0.4, 0.5) is 43.8 Å².